The van der Waals surface area contributed by atoms with E-state index in [0.29, 0.717) is 17.4 Å². The Kier molecular flexibility index (Phi) is 52.1. The number of ether oxygens (including phenoxy) is 4. The Balaban J connectivity index is 4.25. The number of carbonyl (C=O) groups is 3. The van der Waals surface area contributed by atoms with Gasteiger partial charge in [-0.05, 0) is 89.9 Å². The van der Waals surface area contributed by atoms with Crippen LogP contribution < -0.4 is 5.11 Å². The summed E-state index contributed by atoms with van der Waals surface area (Å²) in [6, 6.07) is 0. The Morgan fingerprint density at radius 1 is 0.425 bits per heavy atom. The number of hydrogen-bond acceptors (Lipinski definition) is 8. The molecule has 0 aromatic carbocycles. The molecule has 0 aliphatic heterocycles. The van der Waals surface area contributed by atoms with Gasteiger partial charge in [-0.2, -0.15) is 0 Å². The van der Waals surface area contributed by atoms with E-state index in [2.05, 4.69) is 98.9 Å². The molecule has 0 saturated carbocycles. The second-order valence-corrected chi connectivity index (χ2v) is 20.9. The fraction of sp³-hybridized carbons (Fsp3) is 0.734. The van der Waals surface area contributed by atoms with E-state index in [4.69, 9.17) is 18.9 Å². The van der Waals surface area contributed by atoms with Crippen molar-refractivity contribution in [1.29, 1.82) is 0 Å². The number of unbranched alkanes of at least 4 members (excludes halogenated alkanes) is 25. The van der Waals surface area contributed by atoms with Gasteiger partial charge in [0.15, 0.2) is 12.4 Å². The molecular formula is C64H111NO8. The minimum absolute atomic E-state index is 0.140. The average molecular weight is 1020 g/mol. The third-order valence-electron chi connectivity index (χ3n) is 12.6. The lowest BCUT2D eigenvalue weighted by atomic mass is 10.0. The summed E-state index contributed by atoms with van der Waals surface area (Å²) in [7, 11) is 5.91. The molecule has 0 aromatic rings. The predicted octanol–water partition coefficient (Wildman–Crippen LogP) is 16.2. The molecular weight excluding hydrogens is 911 g/mol. The molecule has 0 rings (SSSR count). The van der Waals surface area contributed by atoms with Crippen LogP contribution in [0.1, 0.15) is 245 Å². The van der Waals surface area contributed by atoms with Crippen molar-refractivity contribution in [3.8, 4) is 0 Å². The van der Waals surface area contributed by atoms with Gasteiger partial charge in [0, 0.05) is 12.8 Å². The van der Waals surface area contributed by atoms with Crippen molar-refractivity contribution < 1.29 is 42.9 Å². The average Bonchev–Trinajstić information content (AvgIpc) is 3.36. The van der Waals surface area contributed by atoms with Crippen LogP contribution in [0.2, 0.25) is 0 Å². The topological polar surface area (TPSA) is 111 Å². The standard InChI is InChI=1S/C64H111NO8/c1-6-8-10-12-14-16-18-20-22-24-26-28-29-30-31-32-33-35-36-38-40-42-44-46-48-50-52-54-61(66)71-58-60(59-72-64(63(68)69)70-57-56-65(3,4)5)73-62(67)55-53-51-49-47-45-43-41-39-37-34-27-25-23-21-19-17-15-13-11-9-7-2/h9,11,15,17-18,20-21,23-24,26-27,34,39,41,60,64H,6-8,10,12-14,16,19,22,25,28-33,35-38,40,42-59H2,1-5H3/b11-9-,17-15-,20-18-,23-21-,26-24-,34-27-,41-39-. The van der Waals surface area contributed by atoms with E-state index < -0.39 is 24.3 Å². The van der Waals surface area contributed by atoms with Gasteiger partial charge in [0.2, 0.25) is 0 Å². The highest BCUT2D eigenvalue weighted by atomic mass is 16.7. The summed E-state index contributed by atoms with van der Waals surface area (Å²) in [6.07, 6.45) is 69.2. The molecule has 0 amide bonds. The van der Waals surface area contributed by atoms with Gasteiger partial charge in [-0.15, -0.1) is 0 Å². The molecule has 0 heterocycles. The summed E-state index contributed by atoms with van der Waals surface area (Å²) in [5.74, 6) is -2.31. The van der Waals surface area contributed by atoms with Crippen LogP contribution >= 0.6 is 0 Å². The number of carboxylic acid groups (broad SMARTS) is 1. The lowest BCUT2D eigenvalue weighted by Crippen LogP contribution is -2.44. The van der Waals surface area contributed by atoms with E-state index in [9.17, 15) is 19.5 Å². The largest absolute Gasteiger partial charge is 0.545 e. The second kappa shape index (κ2) is 54.7. The molecule has 9 nitrogen and oxygen atoms in total. The molecule has 0 fully saturated rings. The summed E-state index contributed by atoms with van der Waals surface area (Å²) in [5, 5.41) is 11.8. The number of likely N-dealkylation sites (N-methyl/N-ethyl adjacent to an activating group) is 1. The van der Waals surface area contributed by atoms with Gasteiger partial charge >= 0.3 is 11.9 Å². The lowest BCUT2D eigenvalue weighted by Gasteiger charge is -2.26. The van der Waals surface area contributed by atoms with Crippen molar-refractivity contribution in [1.82, 2.24) is 0 Å². The summed E-state index contributed by atoms with van der Waals surface area (Å²) < 4.78 is 22.7. The van der Waals surface area contributed by atoms with Crippen LogP contribution in [-0.2, 0) is 33.3 Å². The zero-order valence-corrected chi connectivity index (χ0v) is 47.7. The highest BCUT2D eigenvalue weighted by Gasteiger charge is 2.22. The van der Waals surface area contributed by atoms with Crippen molar-refractivity contribution >= 4 is 17.9 Å². The highest BCUT2D eigenvalue weighted by molar-refractivity contribution is 5.70. The van der Waals surface area contributed by atoms with Crippen molar-refractivity contribution in [3.63, 3.8) is 0 Å². The number of nitrogens with zero attached hydrogens (tertiary/aromatic N) is 1. The van der Waals surface area contributed by atoms with Crippen molar-refractivity contribution in [2.24, 2.45) is 0 Å². The fourth-order valence-electron chi connectivity index (χ4n) is 8.06. The predicted molar refractivity (Wildman–Crippen MR) is 306 cm³/mol. The van der Waals surface area contributed by atoms with E-state index in [1.54, 1.807) is 0 Å². The van der Waals surface area contributed by atoms with Crippen LogP contribution in [0.4, 0.5) is 0 Å². The van der Waals surface area contributed by atoms with Gasteiger partial charge in [-0.3, -0.25) is 9.59 Å². The maximum absolute atomic E-state index is 12.9. The van der Waals surface area contributed by atoms with Crippen LogP contribution in [0.25, 0.3) is 0 Å². The Labute approximate surface area is 449 Å². The first-order chi connectivity index (χ1) is 35.6. The number of allylic oxidation sites excluding steroid dienone is 14. The molecule has 73 heavy (non-hydrogen) atoms. The monoisotopic (exact) mass is 1020 g/mol. The minimum atomic E-state index is -1.63. The molecule has 0 spiro atoms. The molecule has 0 aromatic heterocycles. The lowest BCUT2D eigenvalue weighted by molar-refractivity contribution is -0.870. The Morgan fingerprint density at radius 3 is 1.16 bits per heavy atom. The van der Waals surface area contributed by atoms with Gasteiger partial charge in [0.05, 0.1) is 40.3 Å². The molecule has 0 bridgehead atoms. The summed E-state index contributed by atoms with van der Waals surface area (Å²) in [5.41, 5.74) is 0. The van der Waals surface area contributed by atoms with Crippen molar-refractivity contribution in [2.75, 3.05) is 47.5 Å². The first-order valence-corrected chi connectivity index (χ1v) is 29.7. The van der Waals surface area contributed by atoms with Crippen LogP contribution in [0.5, 0.6) is 0 Å². The minimum Gasteiger partial charge on any atom is -0.545 e. The quantitative estimate of drug-likeness (QED) is 0.0195. The van der Waals surface area contributed by atoms with Gasteiger partial charge in [-0.1, -0.05) is 227 Å². The molecule has 420 valence electrons. The van der Waals surface area contributed by atoms with Crippen LogP contribution in [-0.4, -0.2) is 82.3 Å². The highest BCUT2D eigenvalue weighted by Crippen LogP contribution is 2.16. The fourth-order valence-corrected chi connectivity index (χ4v) is 8.06. The van der Waals surface area contributed by atoms with E-state index >= 15 is 0 Å². The number of hydrogen-bond donors (Lipinski definition) is 0. The van der Waals surface area contributed by atoms with E-state index in [1.807, 2.05) is 21.1 Å². The van der Waals surface area contributed by atoms with E-state index in [0.717, 1.165) is 89.9 Å². The van der Waals surface area contributed by atoms with Gasteiger partial charge < -0.3 is 33.3 Å². The molecule has 2 atom stereocenters. The zero-order valence-electron chi connectivity index (χ0n) is 47.7. The van der Waals surface area contributed by atoms with Gasteiger partial charge in [0.1, 0.15) is 13.2 Å². The SMILES string of the molecule is CC/C=C\C/C=C\C/C=C\C/C=C\C/C=C\CCCCCCCC(=O)OC(COC(=O)CCCCCCCCCCCCCCCCC/C=C\C/C=C\CCCCCCC)COC(OCC[N+](C)(C)C)C(=O)[O-]. The smallest absolute Gasteiger partial charge is 0.306 e. The first-order valence-electron chi connectivity index (χ1n) is 29.7. The zero-order chi connectivity index (χ0) is 53.4. The normalized spacial score (nSPS) is 13.4. The van der Waals surface area contributed by atoms with Crippen molar-refractivity contribution in [3.05, 3.63) is 85.1 Å². The maximum Gasteiger partial charge on any atom is 0.306 e. The Hall–Kier alpha value is -3.53. The van der Waals surface area contributed by atoms with Gasteiger partial charge in [0.25, 0.3) is 0 Å². The molecule has 9 heteroatoms. The Morgan fingerprint density at radius 2 is 0.781 bits per heavy atom. The van der Waals surface area contributed by atoms with Crippen LogP contribution in [0, 0.1) is 0 Å². The summed E-state index contributed by atoms with van der Waals surface area (Å²) in [6.45, 7) is 4.61. The first kappa shape index (κ1) is 69.5. The van der Waals surface area contributed by atoms with Crippen molar-refractivity contribution in [2.45, 2.75) is 257 Å². The molecule has 0 radical (unpaired) electrons. The molecule has 0 N–H and O–H groups in total. The number of quaternary nitrogens is 1. The third kappa shape index (κ3) is 56.0. The maximum atomic E-state index is 12.9. The van der Waals surface area contributed by atoms with Crippen LogP contribution in [0.3, 0.4) is 0 Å². The number of aliphatic carboxylic acids is 1. The van der Waals surface area contributed by atoms with Gasteiger partial charge in [-0.25, -0.2) is 0 Å². The molecule has 2 unspecified atom stereocenters. The summed E-state index contributed by atoms with van der Waals surface area (Å²) in [4.78, 5) is 37.3. The third-order valence-corrected chi connectivity index (χ3v) is 12.6. The van der Waals surface area contributed by atoms with Crippen LogP contribution in [0.15, 0.2) is 85.1 Å². The van der Waals surface area contributed by atoms with E-state index in [-0.39, 0.29) is 38.6 Å². The molecule has 0 saturated heterocycles. The Bertz CT molecular complexity index is 1470. The number of esters is 2. The number of rotatable bonds is 54. The molecule has 0 aliphatic carbocycles. The number of carbonyl (C=O) groups excluding carboxylic acids is 3. The second-order valence-electron chi connectivity index (χ2n) is 20.9. The summed E-state index contributed by atoms with van der Waals surface area (Å²) >= 11 is 0. The number of carboxylic acids is 1. The van der Waals surface area contributed by atoms with E-state index in [1.165, 1.54) is 122 Å². The molecule has 0 aliphatic rings.